The van der Waals surface area contributed by atoms with E-state index in [1.165, 1.54) is 5.56 Å². The van der Waals surface area contributed by atoms with Gasteiger partial charge in [-0.25, -0.2) is 0 Å². The van der Waals surface area contributed by atoms with Gasteiger partial charge < -0.3 is 10.4 Å². The summed E-state index contributed by atoms with van der Waals surface area (Å²) in [6.07, 6.45) is 0. The van der Waals surface area contributed by atoms with Crippen LogP contribution in [-0.4, -0.2) is 24.2 Å². The van der Waals surface area contributed by atoms with Gasteiger partial charge in [0.2, 0.25) is 0 Å². The number of benzene rings is 1. The van der Waals surface area contributed by atoms with Crippen LogP contribution >= 0.6 is 0 Å². The number of hydrogen-bond donors (Lipinski definition) is 2. The van der Waals surface area contributed by atoms with E-state index in [2.05, 4.69) is 5.32 Å². The van der Waals surface area contributed by atoms with Gasteiger partial charge in [0.05, 0.1) is 5.92 Å². The summed E-state index contributed by atoms with van der Waals surface area (Å²) in [6, 6.07) is 8.04. The topological polar surface area (TPSA) is 49.3 Å². The summed E-state index contributed by atoms with van der Waals surface area (Å²) in [5.41, 5.74) is 2.02. The Bertz CT molecular complexity index is 416. The first kappa shape index (κ1) is 11.1. The summed E-state index contributed by atoms with van der Waals surface area (Å²) in [5, 5.41) is 12.5. The van der Waals surface area contributed by atoms with Gasteiger partial charge in [-0.05, 0) is 18.1 Å². The molecule has 0 bridgehead atoms. The molecule has 0 saturated carbocycles. The molecule has 1 heterocycles. The molecule has 2 N–H and O–H groups in total. The van der Waals surface area contributed by atoms with Crippen LogP contribution in [0.15, 0.2) is 24.3 Å². The lowest BCUT2D eigenvalue weighted by molar-refractivity contribution is -0.142. The zero-order valence-corrected chi connectivity index (χ0v) is 9.66. The second-order valence-electron chi connectivity index (χ2n) is 4.75. The monoisotopic (exact) mass is 219 g/mol. The number of carbonyl (C=O) groups is 1. The van der Waals surface area contributed by atoms with Crippen LogP contribution in [0.3, 0.4) is 0 Å². The van der Waals surface area contributed by atoms with E-state index < -0.39 is 5.97 Å². The van der Waals surface area contributed by atoms with Crippen molar-refractivity contribution in [2.45, 2.75) is 19.3 Å². The van der Waals surface area contributed by atoms with Gasteiger partial charge in [0.25, 0.3) is 0 Å². The van der Waals surface area contributed by atoms with Gasteiger partial charge in [-0.15, -0.1) is 0 Å². The van der Waals surface area contributed by atoms with E-state index in [0.717, 1.165) is 12.1 Å². The molecule has 3 heteroatoms. The fourth-order valence-electron chi connectivity index (χ4n) is 2.68. The molecule has 86 valence electrons. The quantitative estimate of drug-likeness (QED) is 0.793. The minimum Gasteiger partial charge on any atom is -0.481 e. The fraction of sp³-hybridized carbons (Fsp3) is 0.462. The molecule has 1 aliphatic heterocycles. The first-order chi connectivity index (χ1) is 7.55. The Morgan fingerprint density at radius 2 is 2.19 bits per heavy atom. The lowest BCUT2D eigenvalue weighted by Crippen LogP contribution is -2.36. The van der Waals surface area contributed by atoms with Gasteiger partial charge in [0.15, 0.2) is 0 Å². The van der Waals surface area contributed by atoms with Crippen LogP contribution in [0.25, 0.3) is 0 Å². The van der Waals surface area contributed by atoms with Crippen molar-refractivity contribution in [1.29, 1.82) is 0 Å². The molecule has 2 rings (SSSR count). The van der Waals surface area contributed by atoms with E-state index in [1.54, 1.807) is 0 Å². The number of aryl methyl sites for hydroxylation is 1. The zero-order chi connectivity index (χ0) is 11.8. The highest BCUT2D eigenvalue weighted by Gasteiger charge is 2.45. The zero-order valence-electron chi connectivity index (χ0n) is 9.66. The van der Waals surface area contributed by atoms with Crippen LogP contribution in [0, 0.1) is 12.8 Å². The smallest absolute Gasteiger partial charge is 0.308 e. The Balaban J connectivity index is 2.45. The van der Waals surface area contributed by atoms with Crippen molar-refractivity contribution in [3.63, 3.8) is 0 Å². The van der Waals surface area contributed by atoms with Crippen LogP contribution in [0.1, 0.15) is 18.1 Å². The Labute approximate surface area is 95.5 Å². The molecule has 1 aromatic rings. The van der Waals surface area contributed by atoms with E-state index in [9.17, 15) is 9.90 Å². The normalized spacial score (nSPS) is 29.2. The van der Waals surface area contributed by atoms with Crippen LogP contribution in [-0.2, 0) is 10.2 Å². The molecule has 2 atom stereocenters. The number of carboxylic acids is 1. The average Bonchev–Trinajstić information content (AvgIpc) is 2.62. The van der Waals surface area contributed by atoms with Crippen LogP contribution in [0.2, 0.25) is 0 Å². The second-order valence-corrected chi connectivity index (χ2v) is 4.75. The van der Waals surface area contributed by atoms with Gasteiger partial charge in [-0.3, -0.25) is 4.79 Å². The minimum absolute atomic E-state index is 0.294. The third-order valence-electron chi connectivity index (χ3n) is 3.67. The number of aliphatic carboxylic acids is 1. The molecule has 0 radical (unpaired) electrons. The highest BCUT2D eigenvalue weighted by atomic mass is 16.4. The van der Waals surface area contributed by atoms with E-state index >= 15 is 0 Å². The first-order valence-electron chi connectivity index (χ1n) is 5.55. The number of hydrogen-bond acceptors (Lipinski definition) is 2. The lowest BCUT2D eigenvalue weighted by Gasteiger charge is -2.30. The van der Waals surface area contributed by atoms with Gasteiger partial charge in [-0.2, -0.15) is 0 Å². The Morgan fingerprint density at radius 3 is 2.81 bits per heavy atom. The van der Waals surface area contributed by atoms with Crippen LogP contribution < -0.4 is 5.32 Å². The molecule has 2 unspecified atom stereocenters. The molecular weight excluding hydrogens is 202 g/mol. The largest absolute Gasteiger partial charge is 0.481 e. The molecule has 0 aromatic heterocycles. The summed E-state index contributed by atoms with van der Waals surface area (Å²) in [7, 11) is 0. The van der Waals surface area contributed by atoms with Crippen molar-refractivity contribution in [3.8, 4) is 0 Å². The molecular formula is C13H17NO2. The van der Waals surface area contributed by atoms with Crippen LogP contribution in [0.4, 0.5) is 0 Å². The maximum Gasteiger partial charge on any atom is 0.308 e. The maximum atomic E-state index is 11.3. The molecule has 1 aliphatic rings. The number of nitrogens with one attached hydrogen (secondary N) is 1. The minimum atomic E-state index is -0.712. The summed E-state index contributed by atoms with van der Waals surface area (Å²) >= 11 is 0. The van der Waals surface area contributed by atoms with Crippen molar-refractivity contribution in [2.24, 2.45) is 5.92 Å². The first-order valence-corrected chi connectivity index (χ1v) is 5.55. The van der Waals surface area contributed by atoms with E-state index in [1.807, 2.05) is 38.1 Å². The van der Waals surface area contributed by atoms with E-state index in [0.29, 0.717) is 6.54 Å². The number of rotatable bonds is 2. The van der Waals surface area contributed by atoms with Crippen molar-refractivity contribution in [2.75, 3.05) is 13.1 Å². The standard InChI is InChI=1S/C13H17NO2/c1-9-5-3-4-6-10(9)13(2)8-14-7-11(13)12(15)16/h3-6,11,14H,7-8H2,1-2H3,(H,15,16). The van der Waals surface area contributed by atoms with Crippen LogP contribution in [0.5, 0.6) is 0 Å². The molecule has 1 fully saturated rings. The Morgan fingerprint density at radius 1 is 1.50 bits per heavy atom. The lowest BCUT2D eigenvalue weighted by atomic mass is 9.72. The summed E-state index contributed by atoms with van der Waals surface area (Å²) in [4.78, 5) is 11.3. The van der Waals surface area contributed by atoms with Gasteiger partial charge in [0, 0.05) is 18.5 Å². The molecule has 0 spiro atoms. The van der Waals surface area contributed by atoms with Crippen molar-refractivity contribution < 1.29 is 9.90 Å². The van der Waals surface area contributed by atoms with E-state index in [-0.39, 0.29) is 11.3 Å². The highest BCUT2D eigenvalue weighted by molar-refractivity contribution is 5.73. The highest BCUT2D eigenvalue weighted by Crippen LogP contribution is 2.36. The number of carboxylic acid groups (broad SMARTS) is 1. The SMILES string of the molecule is Cc1ccccc1C1(C)CNCC1C(=O)O. The Hall–Kier alpha value is -1.35. The molecule has 0 amide bonds. The molecule has 1 aromatic carbocycles. The predicted molar refractivity (Wildman–Crippen MR) is 62.5 cm³/mol. The van der Waals surface area contributed by atoms with E-state index in [4.69, 9.17) is 0 Å². The predicted octanol–water partition coefficient (Wildman–Crippen LogP) is 1.56. The molecule has 3 nitrogen and oxygen atoms in total. The van der Waals surface area contributed by atoms with Crippen molar-refractivity contribution in [1.82, 2.24) is 5.32 Å². The Kier molecular flexibility index (Phi) is 2.72. The van der Waals surface area contributed by atoms with Crippen molar-refractivity contribution in [3.05, 3.63) is 35.4 Å². The average molecular weight is 219 g/mol. The summed E-state index contributed by atoms with van der Waals surface area (Å²) in [5.74, 6) is -1.05. The molecule has 0 aliphatic carbocycles. The molecule has 1 saturated heterocycles. The fourth-order valence-corrected chi connectivity index (χ4v) is 2.68. The maximum absolute atomic E-state index is 11.3. The third kappa shape index (κ3) is 1.61. The second kappa shape index (κ2) is 3.91. The van der Waals surface area contributed by atoms with Gasteiger partial charge in [-0.1, -0.05) is 31.2 Å². The third-order valence-corrected chi connectivity index (χ3v) is 3.67. The molecule has 16 heavy (non-hydrogen) atoms. The summed E-state index contributed by atoms with van der Waals surface area (Å²) in [6.45, 7) is 5.36. The van der Waals surface area contributed by atoms with Gasteiger partial charge in [0.1, 0.15) is 0 Å². The van der Waals surface area contributed by atoms with Crippen molar-refractivity contribution >= 4 is 5.97 Å². The summed E-state index contributed by atoms with van der Waals surface area (Å²) < 4.78 is 0. The van der Waals surface area contributed by atoms with Gasteiger partial charge >= 0.3 is 5.97 Å².